The average Bonchev–Trinajstić information content (AvgIpc) is 2.43. The van der Waals surface area contributed by atoms with Crippen molar-refractivity contribution in [1.82, 2.24) is 0 Å². The van der Waals surface area contributed by atoms with E-state index in [1.54, 1.807) is 19.2 Å². The fourth-order valence-corrected chi connectivity index (χ4v) is 2.29. The van der Waals surface area contributed by atoms with Crippen LogP contribution in [0.15, 0.2) is 34.8 Å². The summed E-state index contributed by atoms with van der Waals surface area (Å²) in [6.45, 7) is 3.71. The van der Waals surface area contributed by atoms with Gasteiger partial charge in [-0.3, -0.25) is 4.79 Å². The third-order valence-electron chi connectivity index (χ3n) is 3.17. The first kappa shape index (κ1) is 14.7. The van der Waals surface area contributed by atoms with Gasteiger partial charge in [-0.15, -0.1) is 0 Å². The summed E-state index contributed by atoms with van der Waals surface area (Å²) in [5.74, 6) is 0.0967. The molecule has 0 aromatic heterocycles. The van der Waals surface area contributed by atoms with Gasteiger partial charge in [0.1, 0.15) is 11.6 Å². The van der Waals surface area contributed by atoms with E-state index in [1.165, 1.54) is 12.1 Å². The third kappa shape index (κ3) is 2.75. The van der Waals surface area contributed by atoms with E-state index in [0.717, 1.165) is 16.9 Å². The Kier molecular flexibility index (Phi) is 4.23. The molecule has 0 amide bonds. The number of aryl methyl sites for hydroxylation is 2. The number of hydrogen-bond acceptors (Lipinski definition) is 2. The molecule has 2 rings (SSSR count). The highest BCUT2D eigenvalue weighted by atomic mass is 79.9. The number of hydrogen-bond donors (Lipinski definition) is 0. The van der Waals surface area contributed by atoms with Crippen molar-refractivity contribution >= 4 is 21.7 Å². The standard InChI is InChI=1S/C16H14BrFO2/c1-9-7-15(20-3)10(2)6-12(9)16(19)11-4-5-13(17)14(18)8-11/h4-8H,1-3H3. The summed E-state index contributed by atoms with van der Waals surface area (Å²) in [5, 5.41) is 0. The van der Waals surface area contributed by atoms with Gasteiger partial charge in [0.15, 0.2) is 5.78 Å². The Bertz CT molecular complexity index is 680. The number of carbonyl (C=O) groups is 1. The number of rotatable bonds is 3. The lowest BCUT2D eigenvalue weighted by atomic mass is 9.97. The molecule has 104 valence electrons. The smallest absolute Gasteiger partial charge is 0.193 e. The third-order valence-corrected chi connectivity index (χ3v) is 3.81. The van der Waals surface area contributed by atoms with Crippen molar-refractivity contribution in [2.75, 3.05) is 7.11 Å². The highest BCUT2D eigenvalue weighted by Crippen LogP contribution is 2.25. The molecule has 0 spiro atoms. The summed E-state index contributed by atoms with van der Waals surface area (Å²) in [7, 11) is 1.59. The maximum absolute atomic E-state index is 13.5. The Morgan fingerprint density at radius 1 is 1.15 bits per heavy atom. The summed E-state index contributed by atoms with van der Waals surface area (Å²) >= 11 is 3.08. The summed E-state index contributed by atoms with van der Waals surface area (Å²) < 4.78 is 19.1. The highest BCUT2D eigenvalue weighted by molar-refractivity contribution is 9.10. The molecule has 0 saturated carbocycles. The van der Waals surface area contributed by atoms with Crippen LogP contribution in [0.4, 0.5) is 4.39 Å². The van der Waals surface area contributed by atoms with E-state index in [4.69, 9.17) is 4.74 Å². The lowest BCUT2D eigenvalue weighted by Crippen LogP contribution is -2.05. The summed E-state index contributed by atoms with van der Waals surface area (Å²) in [5.41, 5.74) is 2.57. The first-order valence-corrected chi connectivity index (χ1v) is 6.88. The maximum Gasteiger partial charge on any atom is 0.193 e. The molecule has 0 N–H and O–H groups in total. The van der Waals surface area contributed by atoms with Gasteiger partial charge in [0, 0.05) is 11.1 Å². The monoisotopic (exact) mass is 336 g/mol. The van der Waals surface area contributed by atoms with E-state index in [-0.39, 0.29) is 5.78 Å². The topological polar surface area (TPSA) is 26.3 Å². The van der Waals surface area contributed by atoms with Gasteiger partial charge in [0.25, 0.3) is 0 Å². The van der Waals surface area contributed by atoms with Crippen molar-refractivity contribution < 1.29 is 13.9 Å². The molecule has 0 bridgehead atoms. The molecule has 2 aromatic rings. The van der Waals surface area contributed by atoms with Crippen molar-refractivity contribution in [3.05, 3.63) is 62.9 Å². The molecule has 0 atom stereocenters. The van der Waals surface area contributed by atoms with Crippen LogP contribution in [0.1, 0.15) is 27.0 Å². The summed E-state index contributed by atoms with van der Waals surface area (Å²) in [6, 6.07) is 7.97. The SMILES string of the molecule is COc1cc(C)c(C(=O)c2ccc(Br)c(F)c2)cc1C. The van der Waals surface area contributed by atoms with E-state index >= 15 is 0 Å². The molecule has 0 radical (unpaired) electrons. The molecule has 2 aromatic carbocycles. The number of carbonyl (C=O) groups excluding carboxylic acids is 1. The molecule has 0 fully saturated rings. The van der Waals surface area contributed by atoms with Crippen LogP contribution in [0.2, 0.25) is 0 Å². The van der Waals surface area contributed by atoms with Crippen LogP contribution in [-0.4, -0.2) is 12.9 Å². The minimum Gasteiger partial charge on any atom is -0.496 e. The Morgan fingerprint density at radius 3 is 2.45 bits per heavy atom. The molecule has 0 unspecified atom stereocenters. The van der Waals surface area contributed by atoms with Crippen LogP contribution in [0.25, 0.3) is 0 Å². The Balaban J connectivity index is 2.48. The van der Waals surface area contributed by atoms with E-state index in [2.05, 4.69) is 15.9 Å². The van der Waals surface area contributed by atoms with E-state index in [0.29, 0.717) is 15.6 Å². The molecule has 0 saturated heterocycles. The van der Waals surface area contributed by atoms with E-state index < -0.39 is 5.82 Å². The first-order chi connectivity index (χ1) is 9.43. The van der Waals surface area contributed by atoms with Gasteiger partial charge in [-0.2, -0.15) is 0 Å². The molecule has 0 aliphatic rings. The van der Waals surface area contributed by atoms with Crippen molar-refractivity contribution in [2.24, 2.45) is 0 Å². The van der Waals surface area contributed by atoms with Crippen molar-refractivity contribution in [2.45, 2.75) is 13.8 Å². The zero-order chi connectivity index (χ0) is 14.9. The van der Waals surface area contributed by atoms with Gasteiger partial charge in [0.2, 0.25) is 0 Å². The molecule has 0 heterocycles. The number of halogens is 2. The van der Waals surface area contributed by atoms with Gasteiger partial charge >= 0.3 is 0 Å². The van der Waals surface area contributed by atoms with Gasteiger partial charge in [-0.25, -0.2) is 4.39 Å². The number of ketones is 1. The lowest BCUT2D eigenvalue weighted by molar-refractivity contribution is 0.103. The normalized spacial score (nSPS) is 10.4. The molecule has 0 aliphatic carbocycles. The van der Waals surface area contributed by atoms with Crippen LogP contribution < -0.4 is 4.74 Å². The predicted octanol–water partition coefficient (Wildman–Crippen LogP) is 4.44. The minimum absolute atomic E-state index is 0.195. The largest absolute Gasteiger partial charge is 0.496 e. The molecule has 2 nitrogen and oxygen atoms in total. The fourth-order valence-electron chi connectivity index (χ4n) is 2.05. The number of methoxy groups -OCH3 is 1. The molecule has 20 heavy (non-hydrogen) atoms. The molecule has 4 heteroatoms. The Morgan fingerprint density at radius 2 is 1.85 bits per heavy atom. The zero-order valence-corrected chi connectivity index (χ0v) is 13.0. The van der Waals surface area contributed by atoms with E-state index in [9.17, 15) is 9.18 Å². The number of ether oxygens (including phenoxy) is 1. The minimum atomic E-state index is -0.446. The maximum atomic E-state index is 13.5. The van der Waals surface area contributed by atoms with Crippen LogP contribution >= 0.6 is 15.9 Å². The second kappa shape index (κ2) is 5.75. The second-order valence-corrected chi connectivity index (χ2v) is 5.45. The van der Waals surface area contributed by atoms with Gasteiger partial charge < -0.3 is 4.74 Å². The number of benzene rings is 2. The van der Waals surface area contributed by atoms with Crippen LogP contribution in [0.3, 0.4) is 0 Å². The van der Waals surface area contributed by atoms with Crippen molar-refractivity contribution in [1.29, 1.82) is 0 Å². The van der Waals surface area contributed by atoms with Crippen LogP contribution in [0, 0.1) is 19.7 Å². The Labute approximate surface area is 125 Å². The van der Waals surface area contributed by atoms with Gasteiger partial charge in [-0.1, -0.05) is 0 Å². The van der Waals surface area contributed by atoms with Crippen molar-refractivity contribution in [3.8, 4) is 5.75 Å². The second-order valence-electron chi connectivity index (χ2n) is 4.59. The van der Waals surface area contributed by atoms with Gasteiger partial charge in [-0.05, 0) is 71.2 Å². The molecular weight excluding hydrogens is 323 g/mol. The van der Waals surface area contributed by atoms with Gasteiger partial charge in [0.05, 0.1) is 11.6 Å². The molecule has 0 aliphatic heterocycles. The summed E-state index contributed by atoms with van der Waals surface area (Å²) in [4.78, 5) is 12.5. The lowest BCUT2D eigenvalue weighted by Gasteiger charge is -2.11. The van der Waals surface area contributed by atoms with Crippen LogP contribution in [0.5, 0.6) is 5.75 Å². The quantitative estimate of drug-likeness (QED) is 0.774. The zero-order valence-electron chi connectivity index (χ0n) is 11.5. The Hall–Kier alpha value is -1.68. The predicted molar refractivity (Wildman–Crippen MR) is 80.0 cm³/mol. The summed E-state index contributed by atoms with van der Waals surface area (Å²) in [6.07, 6.45) is 0. The fraction of sp³-hybridized carbons (Fsp3) is 0.188. The average molecular weight is 337 g/mol. The first-order valence-electron chi connectivity index (χ1n) is 6.09. The highest BCUT2D eigenvalue weighted by Gasteiger charge is 2.15. The van der Waals surface area contributed by atoms with Crippen molar-refractivity contribution in [3.63, 3.8) is 0 Å². The van der Waals surface area contributed by atoms with Crippen LogP contribution in [-0.2, 0) is 0 Å². The van der Waals surface area contributed by atoms with E-state index in [1.807, 2.05) is 19.9 Å². The molecular formula is C16H14BrFO2.